The summed E-state index contributed by atoms with van der Waals surface area (Å²) < 4.78 is 25.0. The second-order valence-corrected chi connectivity index (χ2v) is 5.18. The highest BCUT2D eigenvalue weighted by Gasteiger charge is 2.20. The van der Waals surface area contributed by atoms with Crippen molar-refractivity contribution in [3.8, 4) is 5.75 Å². The molecule has 112 valence electrons. The molecule has 0 saturated carbocycles. The number of ether oxygens (including phenoxy) is 2. The monoisotopic (exact) mass is 282 g/mol. The summed E-state index contributed by atoms with van der Waals surface area (Å²) in [5.74, 6) is -0.116. The standard InChI is InChI=1S/C15H23FN2O2/c1-3-18-6-7-19-13(9-18)10-20-15-5-4-12(11(2)17)8-14(15)16/h4-5,8,11,13H,3,6-7,9-10,17H2,1-2H3/t11-,13?/m1/s1. The van der Waals surface area contributed by atoms with Crippen LogP contribution in [0.15, 0.2) is 18.2 Å². The van der Waals surface area contributed by atoms with E-state index in [2.05, 4.69) is 11.8 Å². The van der Waals surface area contributed by atoms with Crippen LogP contribution in [-0.2, 0) is 4.74 Å². The fourth-order valence-corrected chi connectivity index (χ4v) is 2.27. The Bertz CT molecular complexity index is 440. The molecule has 0 amide bonds. The largest absolute Gasteiger partial charge is 0.488 e. The van der Waals surface area contributed by atoms with Gasteiger partial charge in [0.2, 0.25) is 0 Å². The average Bonchev–Trinajstić information content (AvgIpc) is 2.46. The van der Waals surface area contributed by atoms with Crippen LogP contribution in [0.5, 0.6) is 5.75 Å². The Balaban J connectivity index is 1.90. The molecule has 2 atom stereocenters. The average molecular weight is 282 g/mol. The maximum atomic E-state index is 13.9. The van der Waals surface area contributed by atoms with Crippen LogP contribution in [-0.4, -0.2) is 43.9 Å². The van der Waals surface area contributed by atoms with Gasteiger partial charge in [-0.1, -0.05) is 13.0 Å². The first-order valence-electron chi connectivity index (χ1n) is 7.12. The summed E-state index contributed by atoms with van der Waals surface area (Å²) >= 11 is 0. The maximum Gasteiger partial charge on any atom is 0.165 e. The Kier molecular flexibility index (Phi) is 5.34. The first-order valence-corrected chi connectivity index (χ1v) is 7.12. The zero-order valence-electron chi connectivity index (χ0n) is 12.1. The van der Waals surface area contributed by atoms with Crippen molar-refractivity contribution in [2.75, 3.05) is 32.8 Å². The predicted octanol–water partition coefficient (Wildman–Crippen LogP) is 1.94. The maximum absolute atomic E-state index is 13.9. The van der Waals surface area contributed by atoms with Crippen molar-refractivity contribution in [2.24, 2.45) is 5.73 Å². The quantitative estimate of drug-likeness (QED) is 0.896. The highest BCUT2D eigenvalue weighted by Crippen LogP contribution is 2.21. The summed E-state index contributed by atoms with van der Waals surface area (Å²) in [5.41, 5.74) is 6.49. The fourth-order valence-electron chi connectivity index (χ4n) is 2.27. The molecule has 5 heteroatoms. The Morgan fingerprint density at radius 2 is 2.35 bits per heavy atom. The zero-order chi connectivity index (χ0) is 14.5. The molecule has 1 aromatic rings. The van der Waals surface area contributed by atoms with Crippen molar-refractivity contribution < 1.29 is 13.9 Å². The highest BCUT2D eigenvalue weighted by atomic mass is 19.1. The molecule has 20 heavy (non-hydrogen) atoms. The number of benzene rings is 1. The van der Waals surface area contributed by atoms with Crippen molar-refractivity contribution in [3.05, 3.63) is 29.6 Å². The topological polar surface area (TPSA) is 47.7 Å². The van der Waals surface area contributed by atoms with E-state index >= 15 is 0 Å². The molecule has 4 nitrogen and oxygen atoms in total. The molecule has 0 bridgehead atoms. The molecule has 1 heterocycles. The van der Waals surface area contributed by atoms with E-state index in [0.717, 1.165) is 25.2 Å². The van der Waals surface area contributed by atoms with Gasteiger partial charge in [0.1, 0.15) is 12.7 Å². The third kappa shape index (κ3) is 3.91. The van der Waals surface area contributed by atoms with Crippen LogP contribution in [0.2, 0.25) is 0 Å². The van der Waals surface area contributed by atoms with E-state index in [1.165, 1.54) is 6.07 Å². The number of halogens is 1. The number of likely N-dealkylation sites (N-methyl/N-ethyl adjacent to an activating group) is 1. The number of nitrogens with two attached hydrogens (primary N) is 1. The van der Waals surface area contributed by atoms with Gasteiger partial charge in [0.25, 0.3) is 0 Å². The van der Waals surface area contributed by atoms with Crippen LogP contribution in [0.25, 0.3) is 0 Å². The van der Waals surface area contributed by atoms with Crippen LogP contribution in [0.4, 0.5) is 4.39 Å². The molecule has 0 aromatic heterocycles. The Labute approximate surface area is 119 Å². The van der Waals surface area contributed by atoms with Gasteiger partial charge in [0.05, 0.1) is 6.61 Å². The molecule has 1 aromatic carbocycles. The van der Waals surface area contributed by atoms with Gasteiger partial charge < -0.3 is 15.2 Å². The summed E-state index contributed by atoms with van der Waals surface area (Å²) in [6.45, 7) is 7.79. The summed E-state index contributed by atoms with van der Waals surface area (Å²) in [4.78, 5) is 2.30. The van der Waals surface area contributed by atoms with E-state index in [9.17, 15) is 4.39 Å². The Hall–Kier alpha value is -1.17. The van der Waals surface area contributed by atoms with Crippen LogP contribution < -0.4 is 10.5 Å². The molecule has 1 fully saturated rings. The van der Waals surface area contributed by atoms with Crippen molar-refractivity contribution in [3.63, 3.8) is 0 Å². The van der Waals surface area contributed by atoms with Crippen molar-refractivity contribution in [2.45, 2.75) is 26.0 Å². The van der Waals surface area contributed by atoms with Crippen LogP contribution in [0.1, 0.15) is 25.5 Å². The minimum Gasteiger partial charge on any atom is -0.488 e. The molecule has 0 radical (unpaired) electrons. The second kappa shape index (κ2) is 7.02. The van der Waals surface area contributed by atoms with E-state index in [1.807, 2.05) is 6.92 Å². The molecular weight excluding hydrogens is 259 g/mol. The van der Waals surface area contributed by atoms with E-state index in [1.54, 1.807) is 12.1 Å². The summed E-state index contributed by atoms with van der Waals surface area (Å²) in [6.07, 6.45) is -0.00351. The molecule has 2 N–H and O–H groups in total. The van der Waals surface area contributed by atoms with E-state index in [-0.39, 0.29) is 23.7 Å². The molecule has 1 aliphatic heterocycles. The van der Waals surface area contributed by atoms with Crippen molar-refractivity contribution in [1.82, 2.24) is 4.90 Å². The number of nitrogens with zero attached hydrogens (tertiary/aromatic N) is 1. The van der Waals surface area contributed by atoms with E-state index < -0.39 is 0 Å². The lowest BCUT2D eigenvalue weighted by Gasteiger charge is -2.31. The van der Waals surface area contributed by atoms with Gasteiger partial charge in [0.15, 0.2) is 11.6 Å². The molecule has 0 spiro atoms. The van der Waals surface area contributed by atoms with Gasteiger partial charge in [0, 0.05) is 19.1 Å². The Morgan fingerprint density at radius 3 is 3.00 bits per heavy atom. The first kappa shape index (κ1) is 15.2. The van der Waals surface area contributed by atoms with Crippen molar-refractivity contribution in [1.29, 1.82) is 0 Å². The highest BCUT2D eigenvalue weighted by molar-refractivity contribution is 5.30. The van der Waals surface area contributed by atoms with Crippen molar-refractivity contribution >= 4 is 0 Å². The SMILES string of the molecule is CCN1CCOC(COc2ccc([C@@H](C)N)cc2F)C1. The van der Waals surface area contributed by atoms with Crippen LogP contribution >= 0.6 is 0 Å². The smallest absolute Gasteiger partial charge is 0.165 e. The van der Waals surface area contributed by atoms with Gasteiger partial charge in [-0.05, 0) is 31.2 Å². The molecule has 1 saturated heterocycles. The number of morpholine rings is 1. The molecule has 1 unspecified atom stereocenters. The lowest BCUT2D eigenvalue weighted by Crippen LogP contribution is -2.44. The predicted molar refractivity (Wildman–Crippen MR) is 76.4 cm³/mol. The number of rotatable bonds is 5. The molecule has 1 aliphatic rings. The summed E-state index contributed by atoms with van der Waals surface area (Å²) in [7, 11) is 0. The van der Waals surface area contributed by atoms with Crippen LogP contribution in [0.3, 0.4) is 0 Å². The minimum absolute atomic E-state index is 0.00351. The number of hydrogen-bond acceptors (Lipinski definition) is 4. The van der Waals surface area contributed by atoms with Gasteiger partial charge in [-0.3, -0.25) is 4.90 Å². The summed E-state index contributed by atoms with van der Waals surface area (Å²) in [5, 5.41) is 0. The Morgan fingerprint density at radius 1 is 1.55 bits per heavy atom. The molecular formula is C15H23FN2O2. The third-order valence-corrected chi connectivity index (χ3v) is 3.58. The van der Waals surface area contributed by atoms with Gasteiger partial charge in [-0.25, -0.2) is 4.39 Å². The van der Waals surface area contributed by atoms with Crippen LogP contribution in [0, 0.1) is 5.82 Å². The van der Waals surface area contributed by atoms with Gasteiger partial charge in [-0.2, -0.15) is 0 Å². The fraction of sp³-hybridized carbons (Fsp3) is 0.600. The van der Waals surface area contributed by atoms with Gasteiger partial charge in [-0.15, -0.1) is 0 Å². The lowest BCUT2D eigenvalue weighted by molar-refractivity contribution is -0.0468. The number of hydrogen-bond donors (Lipinski definition) is 1. The zero-order valence-corrected chi connectivity index (χ0v) is 12.1. The molecule has 2 rings (SSSR count). The second-order valence-electron chi connectivity index (χ2n) is 5.18. The minimum atomic E-state index is -0.372. The van der Waals surface area contributed by atoms with E-state index in [0.29, 0.717) is 13.2 Å². The third-order valence-electron chi connectivity index (χ3n) is 3.58. The van der Waals surface area contributed by atoms with E-state index in [4.69, 9.17) is 15.2 Å². The normalized spacial score (nSPS) is 21.7. The van der Waals surface area contributed by atoms with Gasteiger partial charge >= 0.3 is 0 Å². The summed E-state index contributed by atoms with van der Waals surface area (Å²) in [6, 6.07) is 4.68. The molecule has 0 aliphatic carbocycles. The first-order chi connectivity index (χ1) is 9.60. The lowest BCUT2D eigenvalue weighted by atomic mass is 10.1.